The molecule has 13 nitrogen and oxygen atoms in total. The predicted molar refractivity (Wildman–Crippen MR) is 106 cm³/mol. The van der Waals surface area contributed by atoms with Gasteiger partial charge in [0.1, 0.15) is 37.6 Å². The Morgan fingerprint density at radius 2 is 1.78 bits per heavy atom. The summed E-state index contributed by atoms with van der Waals surface area (Å²) in [4.78, 5) is 24.5. The third-order valence-electron chi connectivity index (χ3n) is 4.43. The maximum absolute atomic E-state index is 12.5. The van der Waals surface area contributed by atoms with E-state index in [1.54, 1.807) is 0 Å². The highest BCUT2D eigenvalue weighted by atomic mass is 16.7. The first-order valence-electron chi connectivity index (χ1n) is 10.00. The second-order valence-electron chi connectivity index (χ2n) is 6.82. The van der Waals surface area contributed by atoms with E-state index in [-0.39, 0.29) is 19.8 Å². The van der Waals surface area contributed by atoms with Gasteiger partial charge in [-0.3, -0.25) is 0 Å². The molecular formula is C19H33NO12. The Hall–Kier alpha value is -1.84. The first-order valence-corrected chi connectivity index (χ1v) is 10.00. The monoisotopic (exact) mass is 467 g/mol. The van der Waals surface area contributed by atoms with Crippen LogP contribution in [0.5, 0.6) is 0 Å². The highest BCUT2D eigenvalue weighted by molar-refractivity contribution is 5.82. The van der Waals surface area contributed by atoms with E-state index in [4.69, 9.17) is 28.4 Å². The lowest BCUT2D eigenvalue weighted by Gasteiger charge is -2.41. The summed E-state index contributed by atoms with van der Waals surface area (Å²) >= 11 is 0. The number of carbonyl (C=O) groups is 2. The summed E-state index contributed by atoms with van der Waals surface area (Å²) in [5, 5.41) is 41.5. The number of aliphatic hydroxyl groups is 4. The lowest BCUT2D eigenvalue weighted by molar-refractivity contribution is -0.311. The third-order valence-corrected chi connectivity index (χ3v) is 4.43. The first kappa shape index (κ1) is 28.2. The zero-order chi connectivity index (χ0) is 24.1. The molecule has 0 unspecified atom stereocenters. The van der Waals surface area contributed by atoms with Crippen molar-refractivity contribution < 1.29 is 58.4 Å². The van der Waals surface area contributed by atoms with Gasteiger partial charge in [0.2, 0.25) is 0 Å². The number of methoxy groups -OCH3 is 1. The molecule has 1 rings (SSSR count). The highest BCUT2D eigenvalue weighted by Gasteiger charge is 2.45. The van der Waals surface area contributed by atoms with Gasteiger partial charge >= 0.3 is 12.1 Å². The number of nitrogens with one attached hydrogen (secondary N) is 1. The van der Waals surface area contributed by atoms with E-state index >= 15 is 0 Å². The first-order chi connectivity index (χ1) is 15.3. The molecular weight excluding hydrogens is 434 g/mol. The standard InChI is InChI=1S/C19H33NO12/c1-4-5-30-19(26)20-13(17(25)29-9-8-28-7-6-27-3)11(2)31-18-16(24)15(23)14(22)12(10-21)32-18/h4,11-16,18,21-24H,1,5-10H2,2-3H3,(H,20,26)/t11-,12-,13+,14+,15+,16-,18-/m1/s1. The van der Waals surface area contributed by atoms with Gasteiger partial charge in [0.05, 0.1) is 32.5 Å². The van der Waals surface area contributed by atoms with Crippen LogP contribution in [0.2, 0.25) is 0 Å². The largest absolute Gasteiger partial charge is 0.462 e. The van der Waals surface area contributed by atoms with Gasteiger partial charge in [-0.15, -0.1) is 0 Å². The van der Waals surface area contributed by atoms with E-state index in [0.29, 0.717) is 13.2 Å². The van der Waals surface area contributed by atoms with Crippen molar-refractivity contribution in [3.05, 3.63) is 12.7 Å². The molecule has 32 heavy (non-hydrogen) atoms. The normalized spacial score (nSPS) is 27.2. The van der Waals surface area contributed by atoms with E-state index in [0.717, 1.165) is 0 Å². The summed E-state index contributed by atoms with van der Waals surface area (Å²) in [7, 11) is 1.52. The summed E-state index contributed by atoms with van der Waals surface area (Å²) in [6.07, 6.45) is -8.41. The summed E-state index contributed by atoms with van der Waals surface area (Å²) in [6.45, 7) is 4.69. The van der Waals surface area contributed by atoms with Gasteiger partial charge in [-0.1, -0.05) is 12.7 Å². The zero-order valence-corrected chi connectivity index (χ0v) is 18.1. The Morgan fingerprint density at radius 3 is 2.41 bits per heavy atom. The number of amides is 1. The van der Waals surface area contributed by atoms with Gasteiger partial charge in [-0.05, 0) is 6.92 Å². The average Bonchev–Trinajstić information content (AvgIpc) is 2.78. The minimum Gasteiger partial charge on any atom is -0.462 e. The molecule has 0 aromatic carbocycles. The van der Waals surface area contributed by atoms with Crippen molar-refractivity contribution in [2.45, 2.75) is 49.8 Å². The van der Waals surface area contributed by atoms with E-state index in [9.17, 15) is 30.0 Å². The van der Waals surface area contributed by atoms with E-state index < -0.39 is 61.5 Å². The van der Waals surface area contributed by atoms with Crippen molar-refractivity contribution in [3.8, 4) is 0 Å². The fourth-order valence-corrected chi connectivity index (χ4v) is 2.68. The molecule has 1 saturated heterocycles. The highest BCUT2D eigenvalue weighted by Crippen LogP contribution is 2.23. The van der Waals surface area contributed by atoms with Crippen molar-refractivity contribution in [2.75, 3.05) is 46.8 Å². The molecule has 0 saturated carbocycles. The summed E-state index contributed by atoms with van der Waals surface area (Å²) < 4.78 is 30.7. The topological polar surface area (TPSA) is 182 Å². The summed E-state index contributed by atoms with van der Waals surface area (Å²) in [5.41, 5.74) is 0. The van der Waals surface area contributed by atoms with Crippen molar-refractivity contribution in [1.82, 2.24) is 5.32 Å². The van der Waals surface area contributed by atoms with E-state index in [1.807, 2.05) is 0 Å². The number of carbonyl (C=O) groups excluding carboxylic acids is 2. The summed E-state index contributed by atoms with van der Waals surface area (Å²) in [5.74, 6) is -0.881. The van der Waals surface area contributed by atoms with Crippen molar-refractivity contribution in [2.24, 2.45) is 0 Å². The molecule has 0 aromatic heterocycles. The van der Waals surface area contributed by atoms with E-state index in [1.165, 1.54) is 20.1 Å². The Kier molecular flexibility index (Phi) is 13.3. The fraction of sp³-hybridized carbons (Fsp3) is 0.789. The SMILES string of the molecule is C=CCOC(=O)N[C@H](C(=O)OCCOCCOC)[C@@H](C)O[C@@H]1O[C@H](CO)[C@H](O)[C@H](O)[C@H]1O. The molecule has 1 amide bonds. The second-order valence-corrected chi connectivity index (χ2v) is 6.82. The van der Waals surface area contributed by atoms with Crippen LogP contribution in [-0.2, 0) is 33.2 Å². The number of ether oxygens (including phenoxy) is 6. The number of alkyl carbamates (subject to hydrolysis) is 1. The Bertz CT molecular complexity index is 575. The second kappa shape index (κ2) is 15.1. The Morgan fingerprint density at radius 1 is 1.09 bits per heavy atom. The van der Waals surface area contributed by atoms with Gasteiger partial charge in [0.15, 0.2) is 12.3 Å². The van der Waals surface area contributed by atoms with Gasteiger partial charge in [0, 0.05) is 7.11 Å². The molecule has 0 bridgehead atoms. The quantitative estimate of drug-likeness (QED) is 0.105. The maximum Gasteiger partial charge on any atom is 0.408 e. The van der Waals surface area contributed by atoms with Crippen molar-refractivity contribution in [3.63, 3.8) is 0 Å². The van der Waals surface area contributed by atoms with Crippen LogP contribution >= 0.6 is 0 Å². The fourth-order valence-electron chi connectivity index (χ4n) is 2.68. The van der Waals surface area contributed by atoms with Crippen LogP contribution in [0.1, 0.15) is 6.92 Å². The van der Waals surface area contributed by atoms with Gasteiger partial charge in [0.25, 0.3) is 0 Å². The minimum absolute atomic E-state index is 0.0880. The van der Waals surface area contributed by atoms with Crippen LogP contribution < -0.4 is 5.32 Å². The number of esters is 1. The molecule has 1 fully saturated rings. The number of hydrogen-bond donors (Lipinski definition) is 5. The van der Waals surface area contributed by atoms with Gasteiger partial charge in [-0.2, -0.15) is 0 Å². The minimum atomic E-state index is -1.69. The lowest BCUT2D eigenvalue weighted by Crippen LogP contribution is -2.61. The van der Waals surface area contributed by atoms with Crippen LogP contribution in [0, 0.1) is 0 Å². The average molecular weight is 467 g/mol. The molecule has 0 radical (unpaired) electrons. The van der Waals surface area contributed by atoms with Crippen LogP contribution in [0.15, 0.2) is 12.7 Å². The van der Waals surface area contributed by atoms with E-state index in [2.05, 4.69) is 11.9 Å². The Labute approximate surface area is 185 Å². The summed E-state index contributed by atoms with van der Waals surface area (Å²) in [6, 6.07) is -1.39. The lowest BCUT2D eigenvalue weighted by atomic mass is 9.99. The Balaban J connectivity index is 2.77. The molecule has 186 valence electrons. The van der Waals surface area contributed by atoms with Gasteiger partial charge < -0.3 is 54.2 Å². The molecule has 7 atom stereocenters. The van der Waals surface area contributed by atoms with Crippen molar-refractivity contribution in [1.29, 1.82) is 0 Å². The molecule has 0 spiro atoms. The molecule has 1 heterocycles. The smallest absolute Gasteiger partial charge is 0.408 e. The molecule has 1 aliphatic rings. The number of aliphatic hydroxyl groups excluding tert-OH is 4. The molecule has 0 aliphatic carbocycles. The number of hydrogen-bond acceptors (Lipinski definition) is 12. The molecule has 1 aliphatic heterocycles. The predicted octanol–water partition coefficient (Wildman–Crippen LogP) is -2.32. The van der Waals surface area contributed by atoms with Crippen molar-refractivity contribution >= 4 is 12.1 Å². The van der Waals surface area contributed by atoms with Crippen LogP contribution in [0.4, 0.5) is 4.79 Å². The zero-order valence-electron chi connectivity index (χ0n) is 18.1. The third kappa shape index (κ3) is 8.96. The van der Waals surface area contributed by atoms with Gasteiger partial charge in [-0.25, -0.2) is 9.59 Å². The van der Waals surface area contributed by atoms with Crippen LogP contribution in [0.25, 0.3) is 0 Å². The number of rotatable bonds is 14. The molecule has 0 aromatic rings. The molecule has 5 N–H and O–H groups in total. The maximum atomic E-state index is 12.5. The van der Waals surface area contributed by atoms with Crippen LogP contribution in [0.3, 0.4) is 0 Å². The molecule has 13 heteroatoms. The van der Waals surface area contributed by atoms with Crippen LogP contribution in [-0.4, -0.2) is 122 Å².